The molecule has 39 heavy (non-hydrogen) atoms. The highest BCUT2D eigenvalue weighted by molar-refractivity contribution is 5.96. The number of carbonyl (C=O) groups excluding carboxylic acids is 3. The van der Waals surface area contributed by atoms with E-state index in [1.54, 1.807) is 49.2 Å². The zero-order chi connectivity index (χ0) is 27.9. The van der Waals surface area contributed by atoms with Crippen molar-refractivity contribution < 1.29 is 27.9 Å². The molecule has 0 radical (unpaired) electrons. The Morgan fingerprint density at radius 1 is 1.08 bits per heavy atom. The number of nitrogens with one attached hydrogen (secondary N) is 1. The van der Waals surface area contributed by atoms with E-state index in [-0.39, 0.29) is 36.3 Å². The second-order valence-corrected chi connectivity index (χ2v) is 9.85. The highest BCUT2D eigenvalue weighted by Gasteiger charge is 2.52. The van der Waals surface area contributed by atoms with E-state index in [9.17, 15) is 28.0 Å². The van der Waals surface area contributed by atoms with Crippen molar-refractivity contribution in [2.75, 3.05) is 11.7 Å². The van der Waals surface area contributed by atoms with Gasteiger partial charge in [-0.15, -0.1) is 0 Å². The summed E-state index contributed by atoms with van der Waals surface area (Å²) in [6, 6.07) is 13.2. The SMILES string of the molecule is CC1C(OC(=O)c2ccccc2)CC(C)(C(=O)NCc2ccc(F)cc2F)N2CN1C(=O)c1cc(=O)ccn12. The quantitative estimate of drug-likeness (QED) is 0.503. The number of amides is 2. The van der Waals surface area contributed by atoms with Gasteiger partial charge in [-0.05, 0) is 32.0 Å². The van der Waals surface area contributed by atoms with Crippen molar-refractivity contribution in [2.45, 2.75) is 44.5 Å². The van der Waals surface area contributed by atoms with Crippen LogP contribution in [0.25, 0.3) is 0 Å². The van der Waals surface area contributed by atoms with Gasteiger partial charge in [-0.3, -0.25) is 24.1 Å². The topological polar surface area (TPSA) is 101 Å². The number of fused-ring (bicyclic) bond motifs is 4. The third-order valence-corrected chi connectivity index (χ3v) is 7.34. The number of ether oxygens (including phenoxy) is 1. The van der Waals surface area contributed by atoms with E-state index in [1.807, 2.05) is 0 Å². The standard InChI is InChI=1S/C28H26F2N4O5/c1-17-24(39-26(37)18-6-4-3-5-7-18)14-28(2,27(38)31-15-19-8-9-20(29)12-22(19)30)34-16-32(17)25(36)23-13-21(35)10-11-33(23)34/h3-13,17,24H,14-16H2,1-2H3,(H,31,38). The van der Waals surface area contributed by atoms with Crippen molar-refractivity contribution in [3.05, 3.63) is 106 Å². The van der Waals surface area contributed by atoms with Gasteiger partial charge in [0.1, 0.15) is 35.6 Å². The van der Waals surface area contributed by atoms with Crippen LogP contribution in [0.5, 0.6) is 0 Å². The third kappa shape index (κ3) is 4.75. The van der Waals surface area contributed by atoms with Gasteiger partial charge < -0.3 is 15.0 Å². The molecule has 1 aromatic heterocycles. The minimum absolute atomic E-state index is 0.0280. The van der Waals surface area contributed by atoms with Gasteiger partial charge in [0.15, 0.2) is 5.43 Å². The van der Waals surface area contributed by atoms with E-state index in [0.717, 1.165) is 12.1 Å². The minimum Gasteiger partial charge on any atom is -0.456 e. The third-order valence-electron chi connectivity index (χ3n) is 7.34. The van der Waals surface area contributed by atoms with E-state index < -0.39 is 47.1 Å². The van der Waals surface area contributed by atoms with Crippen LogP contribution in [-0.4, -0.2) is 51.7 Å². The molecule has 9 nitrogen and oxygen atoms in total. The summed E-state index contributed by atoms with van der Waals surface area (Å²) in [5, 5.41) is 4.33. The van der Waals surface area contributed by atoms with E-state index in [4.69, 9.17) is 4.74 Å². The van der Waals surface area contributed by atoms with Crippen LogP contribution >= 0.6 is 0 Å². The molecule has 5 rings (SSSR count). The van der Waals surface area contributed by atoms with Gasteiger partial charge in [0.25, 0.3) is 5.91 Å². The molecule has 202 valence electrons. The normalized spacial score (nSPS) is 22.1. The maximum atomic E-state index is 14.3. The Bertz CT molecular complexity index is 1510. The summed E-state index contributed by atoms with van der Waals surface area (Å²) in [7, 11) is 0. The summed E-state index contributed by atoms with van der Waals surface area (Å²) < 4.78 is 35.0. The van der Waals surface area contributed by atoms with Crippen molar-refractivity contribution in [3.8, 4) is 0 Å². The summed E-state index contributed by atoms with van der Waals surface area (Å²) in [6.07, 6.45) is 0.477. The first-order chi connectivity index (χ1) is 18.6. The molecular formula is C28H26F2N4O5. The first kappa shape index (κ1) is 26.1. The lowest BCUT2D eigenvalue weighted by atomic mass is 9.90. The van der Waals surface area contributed by atoms with Crippen LogP contribution in [0.1, 0.15) is 46.7 Å². The molecule has 2 aliphatic rings. The molecule has 2 amide bonds. The van der Waals surface area contributed by atoms with Crippen LogP contribution in [0.15, 0.2) is 71.7 Å². The number of aromatic nitrogens is 1. The summed E-state index contributed by atoms with van der Waals surface area (Å²) in [5.74, 6) is -3.15. The minimum atomic E-state index is -1.42. The molecule has 0 saturated carbocycles. The fraction of sp³-hybridized carbons (Fsp3) is 0.286. The molecule has 3 atom stereocenters. The van der Waals surface area contributed by atoms with Crippen LogP contribution in [0.3, 0.4) is 0 Å². The Hall–Kier alpha value is -4.54. The second kappa shape index (κ2) is 9.97. The number of hydrogen-bond donors (Lipinski definition) is 1. The predicted octanol–water partition coefficient (Wildman–Crippen LogP) is 2.57. The number of esters is 1. The molecule has 1 fully saturated rings. The van der Waals surface area contributed by atoms with Gasteiger partial charge in [0.2, 0.25) is 5.91 Å². The van der Waals surface area contributed by atoms with Crippen molar-refractivity contribution >= 4 is 17.8 Å². The lowest BCUT2D eigenvalue weighted by molar-refractivity contribution is -0.128. The molecule has 3 unspecified atom stereocenters. The number of carbonyl (C=O) groups is 3. The second-order valence-electron chi connectivity index (χ2n) is 9.85. The van der Waals surface area contributed by atoms with Gasteiger partial charge in [0, 0.05) is 42.9 Å². The van der Waals surface area contributed by atoms with Gasteiger partial charge >= 0.3 is 5.97 Å². The van der Waals surface area contributed by atoms with Crippen molar-refractivity contribution in [3.63, 3.8) is 0 Å². The molecule has 2 bridgehead atoms. The van der Waals surface area contributed by atoms with Crippen molar-refractivity contribution in [1.82, 2.24) is 14.9 Å². The maximum absolute atomic E-state index is 14.3. The van der Waals surface area contributed by atoms with Crippen LogP contribution in [0, 0.1) is 11.6 Å². The molecular weight excluding hydrogens is 510 g/mol. The Morgan fingerprint density at radius 2 is 1.82 bits per heavy atom. The summed E-state index contributed by atoms with van der Waals surface area (Å²) in [5.41, 5.74) is -1.36. The van der Waals surface area contributed by atoms with E-state index in [0.29, 0.717) is 5.56 Å². The average Bonchev–Trinajstić information content (AvgIpc) is 3.01. The first-order valence-corrected chi connectivity index (χ1v) is 12.4. The summed E-state index contributed by atoms with van der Waals surface area (Å²) in [6.45, 7) is 3.08. The molecule has 0 spiro atoms. The van der Waals surface area contributed by atoms with Crippen LogP contribution < -0.4 is 15.8 Å². The summed E-state index contributed by atoms with van der Waals surface area (Å²) in [4.78, 5) is 53.8. The lowest BCUT2D eigenvalue weighted by Gasteiger charge is -2.46. The van der Waals surface area contributed by atoms with Gasteiger partial charge in [0.05, 0.1) is 11.6 Å². The molecule has 0 aliphatic carbocycles. The lowest BCUT2D eigenvalue weighted by Crippen LogP contribution is -2.66. The zero-order valence-electron chi connectivity index (χ0n) is 21.3. The fourth-order valence-electron chi connectivity index (χ4n) is 5.00. The summed E-state index contributed by atoms with van der Waals surface area (Å²) >= 11 is 0. The molecule has 2 aromatic carbocycles. The Balaban J connectivity index is 1.52. The number of benzene rings is 2. The van der Waals surface area contributed by atoms with Crippen molar-refractivity contribution in [2.24, 2.45) is 0 Å². The van der Waals surface area contributed by atoms with Crippen LogP contribution in [-0.2, 0) is 16.1 Å². The van der Waals surface area contributed by atoms with Crippen LogP contribution in [0.4, 0.5) is 8.78 Å². The van der Waals surface area contributed by atoms with Gasteiger partial charge in [-0.25, -0.2) is 13.6 Å². The molecule has 2 aliphatic heterocycles. The monoisotopic (exact) mass is 536 g/mol. The Morgan fingerprint density at radius 3 is 2.54 bits per heavy atom. The number of halogens is 2. The Labute approximate surface area is 222 Å². The van der Waals surface area contributed by atoms with E-state index in [2.05, 4.69) is 5.32 Å². The molecule has 1 N–H and O–H groups in total. The number of nitrogens with zero attached hydrogens (tertiary/aromatic N) is 3. The number of rotatable bonds is 5. The molecule has 1 saturated heterocycles. The van der Waals surface area contributed by atoms with Crippen molar-refractivity contribution in [1.29, 1.82) is 0 Å². The molecule has 11 heteroatoms. The van der Waals surface area contributed by atoms with E-state index in [1.165, 1.54) is 34.0 Å². The molecule has 3 aromatic rings. The van der Waals surface area contributed by atoms with Gasteiger partial charge in [-0.2, -0.15) is 0 Å². The average molecular weight is 537 g/mol. The maximum Gasteiger partial charge on any atom is 0.338 e. The fourth-order valence-corrected chi connectivity index (χ4v) is 5.00. The van der Waals surface area contributed by atoms with Crippen LogP contribution in [0.2, 0.25) is 0 Å². The number of pyridine rings is 1. The number of hydrogen-bond acceptors (Lipinski definition) is 6. The molecule has 3 heterocycles. The highest BCUT2D eigenvalue weighted by atomic mass is 19.1. The van der Waals surface area contributed by atoms with Gasteiger partial charge in [-0.1, -0.05) is 24.3 Å². The Kier molecular flexibility index (Phi) is 6.67. The predicted molar refractivity (Wildman–Crippen MR) is 136 cm³/mol. The van der Waals surface area contributed by atoms with E-state index >= 15 is 0 Å². The zero-order valence-corrected chi connectivity index (χ0v) is 21.3. The smallest absolute Gasteiger partial charge is 0.338 e. The first-order valence-electron chi connectivity index (χ1n) is 12.4. The largest absolute Gasteiger partial charge is 0.456 e. The highest BCUT2D eigenvalue weighted by Crippen LogP contribution is 2.34.